The van der Waals surface area contributed by atoms with E-state index in [1.807, 2.05) is 25.1 Å². The van der Waals surface area contributed by atoms with Gasteiger partial charge >= 0.3 is 5.97 Å². The number of benzene rings is 1. The van der Waals surface area contributed by atoms with Crippen molar-refractivity contribution in [1.82, 2.24) is 0 Å². The van der Waals surface area contributed by atoms with Crippen molar-refractivity contribution in [3.8, 4) is 0 Å². The molecule has 0 saturated heterocycles. The average molecular weight is 332 g/mol. The van der Waals surface area contributed by atoms with E-state index in [-0.39, 0.29) is 5.92 Å². The van der Waals surface area contributed by atoms with E-state index in [1.54, 1.807) is 6.92 Å². The van der Waals surface area contributed by atoms with Gasteiger partial charge in [0, 0.05) is 5.41 Å². The van der Waals surface area contributed by atoms with Crippen molar-refractivity contribution < 1.29 is 20.1 Å². The van der Waals surface area contributed by atoms with Gasteiger partial charge in [-0.3, -0.25) is 4.79 Å². The van der Waals surface area contributed by atoms with Crippen LogP contribution < -0.4 is 0 Å². The second-order valence-corrected chi connectivity index (χ2v) is 8.37. The van der Waals surface area contributed by atoms with Gasteiger partial charge in [0.1, 0.15) is 0 Å². The number of carboxylic acids is 1. The highest BCUT2D eigenvalue weighted by Crippen LogP contribution is 2.59. The maximum Gasteiger partial charge on any atom is 0.309 e. The summed E-state index contributed by atoms with van der Waals surface area (Å²) in [5, 5.41) is 31.4. The third kappa shape index (κ3) is 2.23. The van der Waals surface area contributed by atoms with Crippen LogP contribution in [0, 0.1) is 11.3 Å². The fourth-order valence-electron chi connectivity index (χ4n) is 4.99. The van der Waals surface area contributed by atoms with Crippen molar-refractivity contribution in [2.75, 3.05) is 0 Å². The highest BCUT2D eigenvalue weighted by molar-refractivity contribution is 5.75. The van der Waals surface area contributed by atoms with Gasteiger partial charge in [0.25, 0.3) is 0 Å². The topological polar surface area (TPSA) is 77.8 Å². The number of aliphatic carboxylic acids is 1. The number of aliphatic hydroxyl groups excluding tert-OH is 2. The lowest BCUT2D eigenvalue weighted by Gasteiger charge is -2.56. The predicted octanol–water partition coefficient (Wildman–Crippen LogP) is 3.37. The van der Waals surface area contributed by atoms with Crippen LogP contribution in [0.4, 0.5) is 0 Å². The van der Waals surface area contributed by atoms with Crippen LogP contribution in [-0.4, -0.2) is 27.4 Å². The maximum atomic E-state index is 12.0. The molecule has 1 saturated carbocycles. The molecule has 4 heteroatoms. The Hall–Kier alpha value is -1.39. The third-order valence-corrected chi connectivity index (χ3v) is 6.75. The van der Waals surface area contributed by atoms with Gasteiger partial charge in [0.15, 0.2) is 0 Å². The van der Waals surface area contributed by atoms with Gasteiger partial charge in [-0.15, -0.1) is 0 Å². The average Bonchev–Trinajstić information content (AvgIpc) is 2.53. The molecular formula is C20H28O4. The lowest BCUT2D eigenvalue weighted by Crippen LogP contribution is -2.59. The van der Waals surface area contributed by atoms with Crippen LogP contribution in [0.3, 0.4) is 0 Å². The molecule has 0 aromatic heterocycles. The maximum absolute atomic E-state index is 12.0. The Balaban J connectivity index is 2.19. The van der Waals surface area contributed by atoms with Crippen molar-refractivity contribution in [2.24, 2.45) is 11.3 Å². The molecule has 5 atom stereocenters. The summed E-state index contributed by atoms with van der Waals surface area (Å²) < 4.78 is 0. The van der Waals surface area contributed by atoms with Crippen LogP contribution >= 0.6 is 0 Å². The van der Waals surface area contributed by atoms with Gasteiger partial charge in [-0.1, -0.05) is 39.0 Å². The van der Waals surface area contributed by atoms with Gasteiger partial charge in [-0.2, -0.15) is 0 Å². The SMILES string of the molecule is CC(C)c1ccc2c(c1)C(O)CC1C(C)(C(=O)O)CCC(O)C21C. The zero-order chi connectivity index (χ0) is 17.9. The van der Waals surface area contributed by atoms with E-state index in [2.05, 4.69) is 13.8 Å². The molecule has 0 radical (unpaired) electrons. The molecule has 1 fully saturated rings. The molecule has 0 spiro atoms. The second kappa shape index (κ2) is 5.57. The molecule has 0 bridgehead atoms. The molecule has 4 nitrogen and oxygen atoms in total. The van der Waals surface area contributed by atoms with Crippen LogP contribution in [0.25, 0.3) is 0 Å². The standard InChI is InChI=1S/C20H28O4/c1-11(2)12-5-6-14-13(9-12)15(21)10-16-19(3,18(23)24)8-7-17(22)20(14,16)4/h5-6,9,11,15-17,21-22H,7-8,10H2,1-4H3,(H,23,24). The zero-order valence-corrected chi connectivity index (χ0v) is 14.9. The number of fused-ring (bicyclic) bond motifs is 3. The third-order valence-electron chi connectivity index (χ3n) is 6.75. The smallest absolute Gasteiger partial charge is 0.309 e. The highest BCUT2D eigenvalue weighted by atomic mass is 16.4. The largest absolute Gasteiger partial charge is 0.481 e. The Bertz CT molecular complexity index is 668. The molecule has 24 heavy (non-hydrogen) atoms. The summed E-state index contributed by atoms with van der Waals surface area (Å²) in [5.74, 6) is -0.771. The van der Waals surface area contributed by atoms with Crippen LogP contribution in [0.1, 0.15) is 75.7 Å². The molecule has 132 valence electrons. The lowest BCUT2D eigenvalue weighted by atomic mass is 9.48. The first-order chi connectivity index (χ1) is 11.1. The molecule has 3 rings (SSSR count). The van der Waals surface area contributed by atoms with Crippen molar-refractivity contribution in [3.05, 3.63) is 34.9 Å². The second-order valence-electron chi connectivity index (χ2n) is 8.37. The van der Waals surface area contributed by atoms with Crippen LogP contribution in [0.5, 0.6) is 0 Å². The quantitative estimate of drug-likeness (QED) is 0.776. The van der Waals surface area contributed by atoms with Gasteiger partial charge in [0.2, 0.25) is 0 Å². The van der Waals surface area contributed by atoms with Crippen molar-refractivity contribution in [3.63, 3.8) is 0 Å². The molecule has 0 heterocycles. The molecule has 2 aliphatic carbocycles. The summed E-state index contributed by atoms with van der Waals surface area (Å²) in [7, 11) is 0. The van der Waals surface area contributed by atoms with Crippen molar-refractivity contribution >= 4 is 5.97 Å². The van der Waals surface area contributed by atoms with E-state index in [1.165, 1.54) is 0 Å². The fourth-order valence-corrected chi connectivity index (χ4v) is 4.99. The van der Waals surface area contributed by atoms with Gasteiger partial charge in [-0.25, -0.2) is 0 Å². The minimum absolute atomic E-state index is 0.293. The highest BCUT2D eigenvalue weighted by Gasteiger charge is 2.60. The summed E-state index contributed by atoms with van der Waals surface area (Å²) in [6, 6.07) is 6.08. The molecule has 3 N–H and O–H groups in total. The van der Waals surface area contributed by atoms with E-state index >= 15 is 0 Å². The van der Waals surface area contributed by atoms with Crippen LogP contribution in [0.2, 0.25) is 0 Å². The monoisotopic (exact) mass is 332 g/mol. The number of aliphatic hydroxyl groups is 2. The predicted molar refractivity (Wildman–Crippen MR) is 91.9 cm³/mol. The first-order valence-corrected chi connectivity index (χ1v) is 8.86. The number of rotatable bonds is 2. The number of carbonyl (C=O) groups is 1. The Kier molecular flexibility index (Phi) is 4.04. The van der Waals surface area contributed by atoms with Crippen molar-refractivity contribution in [1.29, 1.82) is 0 Å². The Labute approximate surface area is 143 Å². The minimum Gasteiger partial charge on any atom is -0.481 e. The molecule has 2 aliphatic rings. The summed E-state index contributed by atoms with van der Waals surface area (Å²) in [4.78, 5) is 12.0. The number of carboxylic acid groups (broad SMARTS) is 1. The van der Waals surface area contributed by atoms with E-state index in [4.69, 9.17) is 0 Å². The number of hydrogen-bond acceptors (Lipinski definition) is 3. The summed E-state index contributed by atoms with van der Waals surface area (Å²) in [6.45, 7) is 7.96. The van der Waals surface area contributed by atoms with Gasteiger partial charge in [0.05, 0.1) is 17.6 Å². The minimum atomic E-state index is -0.927. The molecule has 1 aromatic carbocycles. The Morgan fingerprint density at radius 1 is 1.25 bits per heavy atom. The molecular weight excluding hydrogens is 304 g/mol. The summed E-state index contributed by atoms with van der Waals surface area (Å²) in [6.07, 6.45) is 0.0183. The first-order valence-electron chi connectivity index (χ1n) is 8.86. The molecule has 0 amide bonds. The summed E-state index contributed by atoms with van der Waals surface area (Å²) >= 11 is 0. The van der Waals surface area contributed by atoms with Gasteiger partial charge in [-0.05, 0) is 54.7 Å². The molecule has 1 aromatic rings. The number of hydrogen-bond donors (Lipinski definition) is 3. The van der Waals surface area contributed by atoms with Crippen LogP contribution in [-0.2, 0) is 10.2 Å². The summed E-state index contributed by atoms with van der Waals surface area (Å²) in [5.41, 5.74) is 1.35. The van der Waals surface area contributed by atoms with Crippen LogP contribution in [0.15, 0.2) is 18.2 Å². The Morgan fingerprint density at radius 2 is 1.92 bits per heavy atom. The van der Waals surface area contributed by atoms with E-state index in [0.29, 0.717) is 25.2 Å². The molecule has 0 aliphatic heterocycles. The lowest BCUT2D eigenvalue weighted by molar-refractivity contribution is -0.165. The normalized spacial score (nSPS) is 38.5. The van der Waals surface area contributed by atoms with E-state index in [0.717, 1.165) is 16.7 Å². The fraction of sp³-hybridized carbons (Fsp3) is 0.650. The van der Waals surface area contributed by atoms with Gasteiger partial charge < -0.3 is 15.3 Å². The van der Waals surface area contributed by atoms with E-state index < -0.39 is 29.0 Å². The molecule has 5 unspecified atom stereocenters. The zero-order valence-electron chi connectivity index (χ0n) is 14.9. The Morgan fingerprint density at radius 3 is 2.50 bits per heavy atom. The van der Waals surface area contributed by atoms with E-state index in [9.17, 15) is 20.1 Å². The van der Waals surface area contributed by atoms with Crippen molar-refractivity contribution in [2.45, 2.75) is 70.5 Å². The first kappa shape index (κ1) is 17.4.